The molecule has 8 heteroatoms. The van der Waals surface area contributed by atoms with Crippen LogP contribution in [0.3, 0.4) is 0 Å². The van der Waals surface area contributed by atoms with E-state index in [2.05, 4.69) is 10.6 Å². The van der Waals surface area contributed by atoms with Gasteiger partial charge in [0, 0.05) is 6.04 Å². The molecule has 1 fully saturated rings. The highest BCUT2D eigenvalue weighted by Gasteiger charge is 2.43. The minimum Gasteiger partial charge on any atom is -0.444 e. The highest BCUT2D eigenvalue weighted by atomic mass is 35.5. The van der Waals surface area contributed by atoms with Gasteiger partial charge in [0.25, 0.3) is 5.91 Å². The second-order valence-corrected chi connectivity index (χ2v) is 11.8. The first-order chi connectivity index (χ1) is 17.8. The molecule has 2 aromatic rings. The van der Waals surface area contributed by atoms with Crippen LogP contribution in [0, 0.1) is 19.8 Å². The molecule has 1 aliphatic carbocycles. The van der Waals surface area contributed by atoms with E-state index in [9.17, 15) is 14.4 Å². The topological polar surface area (TPSA) is 87.7 Å². The molecule has 206 valence electrons. The first-order valence-electron chi connectivity index (χ1n) is 13.2. The first-order valence-corrected chi connectivity index (χ1v) is 13.6. The summed E-state index contributed by atoms with van der Waals surface area (Å²) in [5.41, 5.74) is 2.37. The Hall–Kier alpha value is -3.06. The maximum absolute atomic E-state index is 14.2. The van der Waals surface area contributed by atoms with E-state index in [1.165, 1.54) is 0 Å². The van der Waals surface area contributed by atoms with E-state index in [0.29, 0.717) is 16.3 Å². The predicted molar refractivity (Wildman–Crippen MR) is 151 cm³/mol. The third-order valence-electron chi connectivity index (χ3n) is 6.72. The molecule has 0 bridgehead atoms. The zero-order valence-corrected chi connectivity index (χ0v) is 24.2. The van der Waals surface area contributed by atoms with Gasteiger partial charge in [-0.1, -0.05) is 67.4 Å². The first kappa shape index (κ1) is 29.5. The van der Waals surface area contributed by atoms with Crippen LogP contribution in [0.5, 0.6) is 0 Å². The molecule has 7 nitrogen and oxygen atoms in total. The van der Waals surface area contributed by atoms with Crippen LogP contribution in [0.4, 0.5) is 10.5 Å². The van der Waals surface area contributed by atoms with Crippen LogP contribution in [-0.4, -0.2) is 40.5 Å². The third-order valence-corrected chi connectivity index (χ3v) is 7.03. The monoisotopic (exact) mass is 541 g/mol. The molecule has 1 saturated carbocycles. The molecule has 1 aliphatic rings. The van der Waals surface area contributed by atoms with Crippen LogP contribution < -0.4 is 10.6 Å². The number of hydrogen-bond acceptors (Lipinski definition) is 4. The van der Waals surface area contributed by atoms with Crippen LogP contribution in [0.25, 0.3) is 0 Å². The van der Waals surface area contributed by atoms with Crippen LogP contribution in [0.2, 0.25) is 5.02 Å². The van der Waals surface area contributed by atoms with Gasteiger partial charge < -0.3 is 20.3 Å². The number of carbonyl (C=O) groups is 3. The standard InChI is InChI=1S/C30H40ClN3O4/c1-18(2)24(33-29(37)38-30(5,6)7)28(36)34(22-11-9-12-22)26(21-16-14-19(3)15-17-21)27(35)32-25-20(4)10-8-13-23(25)31/h8,10,13-18,22,24,26H,9,11-12H2,1-7H3,(H,32,35)(H,33,37). The molecule has 0 radical (unpaired) electrons. The average molecular weight is 542 g/mol. The summed E-state index contributed by atoms with van der Waals surface area (Å²) in [7, 11) is 0. The van der Waals surface area contributed by atoms with Gasteiger partial charge in [-0.25, -0.2) is 4.79 Å². The van der Waals surface area contributed by atoms with Crippen molar-refractivity contribution in [3.05, 3.63) is 64.2 Å². The Bertz CT molecular complexity index is 1130. The van der Waals surface area contributed by atoms with Crippen molar-refractivity contribution in [1.29, 1.82) is 0 Å². The molecule has 3 rings (SSSR count). The Balaban J connectivity index is 2.04. The van der Waals surface area contributed by atoms with Crippen molar-refractivity contribution in [2.75, 3.05) is 5.32 Å². The van der Waals surface area contributed by atoms with Crippen LogP contribution in [0.15, 0.2) is 42.5 Å². The number of alkyl carbamates (subject to hydrolysis) is 1. The number of benzene rings is 2. The van der Waals surface area contributed by atoms with Crippen molar-refractivity contribution >= 4 is 35.2 Å². The molecule has 0 saturated heterocycles. The van der Waals surface area contributed by atoms with Gasteiger partial charge in [0.15, 0.2) is 0 Å². The summed E-state index contributed by atoms with van der Waals surface area (Å²) in [6.45, 7) is 12.9. The Kier molecular flexibility index (Phi) is 9.47. The number of nitrogens with one attached hydrogen (secondary N) is 2. The number of carbonyl (C=O) groups excluding carboxylic acids is 3. The molecule has 0 heterocycles. The number of amides is 3. The summed E-state index contributed by atoms with van der Waals surface area (Å²) < 4.78 is 5.45. The normalized spacial score (nSPS) is 15.3. The second kappa shape index (κ2) is 12.2. The van der Waals surface area contributed by atoms with Gasteiger partial charge in [-0.15, -0.1) is 0 Å². The molecule has 2 aromatic carbocycles. The fraction of sp³-hybridized carbons (Fsp3) is 0.500. The van der Waals surface area contributed by atoms with Gasteiger partial charge in [0.05, 0.1) is 10.7 Å². The fourth-order valence-corrected chi connectivity index (χ4v) is 4.73. The molecule has 3 amide bonds. The second-order valence-electron chi connectivity index (χ2n) is 11.4. The summed E-state index contributed by atoms with van der Waals surface area (Å²) in [5, 5.41) is 6.19. The molecule has 2 N–H and O–H groups in total. The Labute approximate surface area is 231 Å². The van der Waals surface area contributed by atoms with Crippen LogP contribution in [-0.2, 0) is 14.3 Å². The van der Waals surface area contributed by atoms with Crippen LogP contribution in [0.1, 0.15) is 76.6 Å². The van der Waals surface area contributed by atoms with E-state index in [1.54, 1.807) is 31.7 Å². The van der Waals surface area contributed by atoms with E-state index < -0.39 is 23.8 Å². The molecule has 0 aromatic heterocycles. The van der Waals surface area contributed by atoms with Crippen LogP contribution >= 0.6 is 11.6 Å². The highest BCUT2D eigenvalue weighted by molar-refractivity contribution is 6.34. The van der Waals surface area contributed by atoms with Gasteiger partial charge in [-0.3, -0.25) is 9.59 Å². The number of hydrogen-bond donors (Lipinski definition) is 2. The zero-order chi connectivity index (χ0) is 28.2. The van der Waals surface area contributed by atoms with Crippen molar-refractivity contribution in [3.8, 4) is 0 Å². The minimum absolute atomic E-state index is 0.131. The van der Waals surface area contributed by atoms with Gasteiger partial charge >= 0.3 is 6.09 Å². The Morgan fingerprint density at radius 1 is 1.03 bits per heavy atom. The number of rotatable bonds is 8. The summed E-state index contributed by atoms with van der Waals surface area (Å²) in [4.78, 5) is 42.6. The predicted octanol–water partition coefficient (Wildman–Crippen LogP) is 6.57. The van der Waals surface area contributed by atoms with E-state index in [4.69, 9.17) is 16.3 Å². The maximum Gasteiger partial charge on any atom is 0.408 e. The lowest BCUT2D eigenvalue weighted by Gasteiger charge is -2.44. The Morgan fingerprint density at radius 2 is 1.66 bits per heavy atom. The number of nitrogens with zero attached hydrogens (tertiary/aromatic N) is 1. The van der Waals surface area contributed by atoms with Crippen molar-refractivity contribution in [2.45, 2.75) is 91.5 Å². The molecule has 0 spiro atoms. The number of aryl methyl sites for hydroxylation is 2. The molecule has 38 heavy (non-hydrogen) atoms. The van der Waals surface area contributed by atoms with Gasteiger partial charge in [-0.2, -0.15) is 0 Å². The molecule has 0 aliphatic heterocycles. The molecule has 2 atom stereocenters. The lowest BCUT2D eigenvalue weighted by Crippen LogP contribution is -2.58. The largest absolute Gasteiger partial charge is 0.444 e. The molecular weight excluding hydrogens is 502 g/mol. The summed E-state index contributed by atoms with van der Waals surface area (Å²) >= 11 is 6.43. The van der Waals surface area contributed by atoms with Crippen molar-refractivity contribution in [2.24, 2.45) is 5.92 Å². The van der Waals surface area contributed by atoms with Gasteiger partial charge in [-0.05, 0) is 77.0 Å². The quantitative estimate of drug-likeness (QED) is 0.396. The van der Waals surface area contributed by atoms with Crippen molar-refractivity contribution < 1.29 is 19.1 Å². The minimum atomic E-state index is -0.911. The smallest absolute Gasteiger partial charge is 0.408 e. The Morgan fingerprint density at radius 3 is 2.16 bits per heavy atom. The number of anilines is 1. The zero-order valence-electron chi connectivity index (χ0n) is 23.4. The number of ether oxygens (including phenoxy) is 1. The number of para-hydroxylation sites is 1. The lowest BCUT2D eigenvalue weighted by molar-refractivity contribution is -0.146. The van der Waals surface area contributed by atoms with Crippen molar-refractivity contribution in [1.82, 2.24) is 10.2 Å². The van der Waals surface area contributed by atoms with E-state index in [1.807, 2.05) is 64.1 Å². The van der Waals surface area contributed by atoms with Gasteiger partial charge in [0.1, 0.15) is 17.7 Å². The molecular formula is C30H40ClN3O4. The lowest BCUT2D eigenvalue weighted by atomic mass is 9.87. The van der Waals surface area contributed by atoms with E-state index >= 15 is 0 Å². The molecule has 2 unspecified atom stereocenters. The summed E-state index contributed by atoms with van der Waals surface area (Å²) in [6, 6.07) is 11.1. The van der Waals surface area contributed by atoms with Gasteiger partial charge in [0.2, 0.25) is 5.91 Å². The van der Waals surface area contributed by atoms with E-state index in [-0.39, 0.29) is 23.8 Å². The third kappa shape index (κ3) is 7.28. The average Bonchev–Trinajstić information content (AvgIpc) is 2.77. The van der Waals surface area contributed by atoms with E-state index in [0.717, 1.165) is 30.4 Å². The SMILES string of the molecule is Cc1ccc(C(C(=O)Nc2c(C)cccc2Cl)N(C(=O)C(NC(=O)OC(C)(C)C)C(C)C)C2CCC2)cc1. The highest BCUT2D eigenvalue weighted by Crippen LogP contribution is 2.36. The summed E-state index contributed by atoms with van der Waals surface area (Å²) in [5.74, 6) is -0.901. The fourth-order valence-electron chi connectivity index (χ4n) is 4.46. The van der Waals surface area contributed by atoms with Crippen molar-refractivity contribution in [3.63, 3.8) is 0 Å². The summed E-state index contributed by atoms with van der Waals surface area (Å²) in [6.07, 6.45) is 1.86. The maximum atomic E-state index is 14.2. The number of halogens is 1.